The first kappa shape index (κ1) is 40.4. The Balaban J connectivity index is 0. The van der Waals surface area contributed by atoms with Crippen molar-refractivity contribution in [3.8, 4) is 0 Å². The molecule has 0 spiro atoms. The number of rotatable bonds is 20. The summed E-state index contributed by atoms with van der Waals surface area (Å²) < 4.78 is 5.26. The Kier molecular flexibility index (Phi) is 28.3. The summed E-state index contributed by atoms with van der Waals surface area (Å²) in [4.78, 5) is 11.2. The number of allylic oxidation sites excluding steroid dienone is 14. The molecule has 41 heavy (non-hydrogen) atoms. The van der Waals surface area contributed by atoms with E-state index in [0.717, 1.165) is 76.4 Å². The second kappa shape index (κ2) is 28.8. The third kappa shape index (κ3) is 24.7. The lowest BCUT2D eigenvalue weighted by molar-refractivity contribution is 0.124. The highest BCUT2D eigenvalue weighted by atomic mass is 35.5. The van der Waals surface area contributed by atoms with Gasteiger partial charge in [0.2, 0.25) is 0 Å². The van der Waals surface area contributed by atoms with Crippen LogP contribution in [0.5, 0.6) is 0 Å². The average molecular weight is 590 g/mol. The maximum Gasteiger partial charge on any atom is 0.405 e. The number of nitrogens with two attached hydrogens (primary N) is 1. The van der Waals surface area contributed by atoms with Crippen molar-refractivity contribution in [3.05, 3.63) is 94.8 Å². The minimum atomic E-state index is -0.721. The molecule has 0 saturated heterocycles. The number of hydrogen-bond donors (Lipinski definition) is 3. The molecule has 5 nitrogen and oxygen atoms in total. The molecule has 0 heterocycles. The van der Waals surface area contributed by atoms with Crippen molar-refractivity contribution in [1.29, 1.82) is 0 Å². The van der Waals surface area contributed by atoms with E-state index < -0.39 is 6.09 Å². The first-order valence-electron chi connectivity index (χ1n) is 15.0. The zero-order chi connectivity index (χ0) is 31.3. The van der Waals surface area contributed by atoms with Gasteiger partial charge in [-0.2, -0.15) is 0 Å². The molecule has 0 aromatic carbocycles. The van der Waals surface area contributed by atoms with E-state index in [1.54, 1.807) is 12.2 Å². The lowest BCUT2D eigenvalue weighted by Crippen LogP contribution is -2.21. The molecule has 0 aromatic heterocycles. The number of aliphatic hydroxyl groups excluding tert-OH is 2. The maximum absolute atomic E-state index is 11.2. The molecule has 4 N–H and O–H groups in total. The summed E-state index contributed by atoms with van der Waals surface area (Å²) in [5.41, 5.74) is 7.86. The van der Waals surface area contributed by atoms with Gasteiger partial charge in [-0.3, -0.25) is 0 Å². The number of ether oxygens (including phenoxy) is 1. The third-order valence-electron chi connectivity index (χ3n) is 6.11. The fraction of sp³-hybridized carbons (Fsp3) is 0.514. The van der Waals surface area contributed by atoms with E-state index in [4.69, 9.17) is 27.2 Å². The summed E-state index contributed by atoms with van der Waals surface area (Å²) >= 11 is 6.60. The number of unbranched alkanes of at least 4 members (excludes halogenated alkanes) is 1. The standard InChI is InChI=1S/C34H52ClNO3.CH4O/c1-6-10-11-23-32(39-34(36)38)24-16-21-30(17-7-2)27-26-28(5)33(35)25-15-13-20-29(9-4)19-12-14-22-31(37)18-8-3;1-2/h11-15,17-20,22-23,25,28,32,37H,6-10,16,21,24,26-27H2,1-5H3,(H2,36,38);2H,1H3/b15-13+,19-12+,22-14+,23-11+,29-20+,30-17+,31-18+,33-25-;. The van der Waals surface area contributed by atoms with Crippen LogP contribution in [0.4, 0.5) is 4.79 Å². The van der Waals surface area contributed by atoms with Gasteiger partial charge in [0, 0.05) is 12.1 Å². The van der Waals surface area contributed by atoms with E-state index in [9.17, 15) is 9.90 Å². The van der Waals surface area contributed by atoms with Crippen molar-refractivity contribution in [3.63, 3.8) is 0 Å². The summed E-state index contributed by atoms with van der Waals surface area (Å²) in [5.74, 6) is 0.553. The van der Waals surface area contributed by atoms with Gasteiger partial charge in [-0.1, -0.05) is 107 Å². The molecule has 0 radical (unpaired) electrons. The van der Waals surface area contributed by atoms with Crippen LogP contribution >= 0.6 is 11.6 Å². The SMILES string of the molecule is CC\C=C(O)/C=C/C=C/C(=C/C=C/C=C(\Cl)C(C)CC/C(=C/CC)CCCC(/C=C/CCC)OC(N)=O)CC.CO. The molecule has 6 heteroatoms. The van der Waals surface area contributed by atoms with Gasteiger partial charge in [-0.05, 0) is 93.6 Å². The van der Waals surface area contributed by atoms with E-state index in [1.807, 2.05) is 49.5 Å². The van der Waals surface area contributed by atoms with Crippen LogP contribution in [-0.2, 0) is 4.74 Å². The summed E-state index contributed by atoms with van der Waals surface area (Å²) in [6, 6.07) is 0. The van der Waals surface area contributed by atoms with Crippen molar-refractivity contribution in [2.75, 3.05) is 7.11 Å². The van der Waals surface area contributed by atoms with Crippen molar-refractivity contribution >= 4 is 17.7 Å². The number of primary amides is 1. The van der Waals surface area contributed by atoms with Crippen molar-refractivity contribution in [1.82, 2.24) is 0 Å². The Labute approximate surface area is 255 Å². The zero-order valence-corrected chi connectivity index (χ0v) is 27.1. The highest BCUT2D eigenvalue weighted by Crippen LogP contribution is 2.25. The van der Waals surface area contributed by atoms with E-state index in [-0.39, 0.29) is 17.8 Å². The summed E-state index contributed by atoms with van der Waals surface area (Å²) in [6.45, 7) is 10.5. The molecule has 1 amide bonds. The largest absolute Gasteiger partial charge is 0.508 e. The number of amides is 1. The van der Waals surface area contributed by atoms with Crippen LogP contribution in [0.15, 0.2) is 94.8 Å². The topological polar surface area (TPSA) is 92.8 Å². The summed E-state index contributed by atoms with van der Waals surface area (Å²) in [6.07, 6.45) is 32.1. The molecule has 0 aliphatic rings. The Hall–Kier alpha value is -2.76. The van der Waals surface area contributed by atoms with E-state index in [2.05, 4.69) is 45.9 Å². The minimum absolute atomic E-state index is 0.259. The number of carbonyl (C=O) groups is 1. The molecular weight excluding hydrogens is 534 g/mol. The van der Waals surface area contributed by atoms with Crippen LogP contribution in [0.3, 0.4) is 0 Å². The van der Waals surface area contributed by atoms with Gasteiger partial charge in [0.05, 0.1) is 0 Å². The highest BCUT2D eigenvalue weighted by molar-refractivity contribution is 6.29. The normalized spacial score (nSPS) is 15.1. The van der Waals surface area contributed by atoms with Crippen molar-refractivity contribution in [2.24, 2.45) is 11.7 Å². The molecule has 0 fully saturated rings. The second-order valence-corrected chi connectivity index (χ2v) is 10.0. The molecule has 2 atom stereocenters. The van der Waals surface area contributed by atoms with Gasteiger partial charge < -0.3 is 20.7 Å². The Morgan fingerprint density at radius 1 is 0.927 bits per heavy atom. The molecule has 0 saturated carbocycles. The summed E-state index contributed by atoms with van der Waals surface area (Å²) in [5, 5.41) is 17.5. The predicted molar refractivity (Wildman–Crippen MR) is 178 cm³/mol. The minimum Gasteiger partial charge on any atom is -0.508 e. The smallest absolute Gasteiger partial charge is 0.405 e. The number of carbonyl (C=O) groups excluding carboxylic acids is 1. The predicted octanol–water partition coefficient (Wildman–Crippen LogP) is 10.3. The van der Waals surface area contributed by atoms with Gasteiger partial charge >= 0.3 is 6.09 Å². The molecule has 232 valence electrons. The van der Waals surface area contributed by atoms with Crippen LogP contribution in [0.25, 0.3) is 0 Å². The molecular formula is C35H56ClNO4. The van der Waals surface area contributed by atoms with Crippen LogP contribution in [-0.4, -0.2) is 29.5 Å². The number of hydrogen-bond acceptors (Lipinski definition) is 4. The Bertz CT molecular complexity index is 922. The number of halogens is 1. The lowest BCUT2D eigenvalue weighted by atomic mass is 9.95. The van der Waals surface area contributed by atoms with Gasteiger partial charge in [0.25, 0.3) is 0 Å². The van der Waals surface area contributed by atoms with Crippen LogP contribution < -0.4 is 5.73 Å². The fourth-order valence-corrected chi connectivity index (χ4v) is 4.02. The first-order chi connectivity index (χ1) is 19.8. The molecule has 0 aromatic rings. The van der Waals surface area contributed by atoms with E-state index in [1.165, 1.54) is 11.1 Å². The quantitative estimate of drug-likeness (QED) is 0.0748. The van der Waals surface area contributed by atoms with Crippen molar-refractivity contribution < 1.29 is 19.7 Å². The van der Waals surface area contributed by atoms with Crippen LogP contribution in [0.2, 0.25) is 0 Å². The highest BCUT2D eigenvalue weighted by Gasteiger charge is 2.11. The Morgan fingerprint density at radius 3 is 2.20 bits per heavy atom. The van der Waals surface area contributed by atoms with Gasteiger partial charge in [0.15, 0.2) is 0 Å². The molecule has 0 rings (SSSR count). The second-order valence-electron chi connectivity index (χ2n) is 9.58. The molecule has 0 bridgehead atoms. The van der Waals surface area contributed by atoms with E-state index in [0.29, 0.717) is 0 Å². The zero-order valence-electron chi connectivity index (χ0n) is 26.3. The number of aliphatic hydroxyl groups is 2. The lowest BCUT2D eigenvalue weighted by Gasteiger charge is -2.15. The molecule has 2 unspecified atom stereocenters. The first-order valence-corrected chi connectivity index (χ1v) is 15.4. The fourth-order valence-electron chi connectivity index (χ4n) is 3.84. The van der Waals surface area contributed by atoms with Crippen molar-refractivity contribution in [2.45, 2.75) is 105 Å². The van der Waals surface area contributed by atoms with E-state index >= 15 is 0 Å². The monoisotopic (exact) mass is 589 g/mol. The van der Waals surface area contributed by atoms with Gasteiger partial charge in [0.1, 0.15) is 11.9 Å². The molecule has 0 aliphatic carbocycles. The van der Waals surface area contributed by atoms with Crippen LogP contribution in [0.1, 0.15) is 98.8 Å². The van der Waals surface area contributed by atoms with Gasteiger partial charge in [-0.25, -0.2) is 4.79 Å². The van der Waals surface area contributed by atoms with Crippen LogP contribution in [0, 0.1) is 5.92 Å². The summed E-state index contributed by atoms with van der Waals surface area (Å²) in [7, 11) is 1.00. The Morgan fingerprint density at radius 2 is 1.59 bits per heavy atom. The molecule has 0 aliphatic heterocycles. The third-order valence-corrected chi connectivity index (χ3v) is 6.61. The average Bonchev–Trinajstić information content (AvgIpc) is 2.95. The van der Waals surface area contributed by atoms with Gasteiger partial charge in [-0.15, -0.1) is 0 Å². The maximum atomic E-state index is 11.2.